The van der Waals surface area contributed by atoms with Crippen LogP contribution in [0, 0.1) is 17.0 Å². The first-order chi connectivity index (χ1) is 14.5. The zero-order chi connectivity index (χ0) is 21.1. The monoisotopic (exact) mass is 412 g/mol. The quantitative estimate of drug-likeness (QED) is 0.581. The van der Waals surface area contributed by atoms with E-state index >= 15 is 0 Å². The Hall–Kier alpha value is -3.13. The van der Waals surface area contributed by atoms with E-state index in [1.54, 1.807) is 13.0 Å². The van der Waals surface area contributed by atoms with E-state index in [2.05, 4.69) is 17.4 Å². The van der Waals surface area contributed by atoms with E-state index in [9.17, 15) is 14.9 Å². The molecule has 30 heavy (non-hydrogen) atoms. The Morgan fingerprint density at radius 2 is 1.97 bits per heavy atom. The minimum atomic E-state index is -0.438. The molecule has 4 rings (SSSR count). The predicted octanol–water partition coefficient (Wildman–Crippen LogP) is 2.42. The Labute approximate surface area is 174 Å². The van der Waals surface area contributed by atoms with Crippen molar-refractivity contribution >= 4 is 17.3 Å². The molecule has 158 valence electrons. The maximum atomic E-state index is 12.7. The minimum Gasteiger partial charge on any atom is -0.490 e. The summed E-state index contributed by atoms with van der Waals surface area (Å²) in [7, 11) is 0. The Morgan fingerprint density at radius 3 is 2.73 bits per heavy atom. The summed E-state index contributed by atoms with van der Waals surface area (Å²) in [4.78, 5) is 24.4. The summed E-state index contributed by atoms with van der Waals surface area (Å²) < 4.78 is 11.5. The van der Waals surface area contributed by atoms with Gasteiger partial charge in [0.2, 0.25) is 0 Å². The number of aryl methyl sites for hydroxylation is 1. The van der Waals surface area contributed by atoms with Crippen LogP contribution in [0.5, 0.6) is 11.5 Å². The normalized spacial score (nSPS) is 20.4. The number of amides is 1. The van der Waals surface area contributed by atoms with Gasteiger partial charge in [-0.1, -0.05) is 0 Å². The van der Waals surface area contributed by atoms with Crippen molar-refractivity contribution in [2.45, 2.75) is 32.2 Å². The molecule has 2 aromatic carbocycles. The third-order valence-electron chi connectivity index (χ3n) is 5.74. The summed E-state index contributed by atoms with van der Waals surface area (Å²) in [5, 5.41) is 13.8. The topological polar surface area (TPSA) is 95.1 Å². The van der Waals surface area contributed by atoms with E-state index in [0.29, 0.717) is 31.0 Å². The number of hydrogen-bond donors (Lipinski definition) is 2. The Morgan fingerprint density at radius 1 is 1.17 bits per heavy atom. The molecule has 1 amide bonds. The number of hydrogen-bond acceptors (Lipinski definition) is 5. The van der Waals surface area contributed by atoms with E-state index in [4.69, 9.17) is 9.47 Å². The first-order valence-corrected chi connectivity index (χ1v) is 10.3. The van der Waals surface area contributed by atoms with Crippen LogP contribution in [0.1, 0.15) is 36.4 Å². The fourth-order valence-corrected chi connectivity index (χ4v) is 4.22. The largest absolute Gasteiger partial charge is 0.490 e. The average molecular weight is 412 g/mol. The lowest BCUT2D eigenvalue weighted by molar-refractivity contribution is -0.910. The number of nitro groups is 1. The summed E-state index contributed by atoms with van der Waals surface area (Å²) in [6.45, 7) is 4.33. The molecule has 0 aliphatic carbocycles. The SMILES string of the molecule is Cc1cc([N+](=O)[O-])ccc1NC(=O)C[NH+]1CCC[C@H]1c1ccc2c(c1)OCCCO2. The molecule has 1 fully saturated rings. The second-order valence-corrected chi connectivity index (χ2v) is 7.84. The number of carbonyl (C=O) groups excluding carboxylic acids is 1. The maximum absolute atomic E-state index is 12.7. The van der Waals surface area contributed by atoms with Gasteiger partial charge in [-0.2, -0.15) is 0 Å². The van der Waals surface area contributed by atoms with Crippen molar-refractivity contribution in [2.75, 3.05) is 31.6 Å². The minimum absolute atomic E-state index is 0.0186. The number of fused-ring (bicyclic) bond motifs is 1. The summed E-state index contributed by atoms with van der Waals surface area (Å²) in [6.07, 6.45) is 2.93. The van der Waals surface area contributed by atoms with E-state index in [1.807, 2.05) is 6.07 Å². The van der Waals surface area contributed by atoms with Gasteiger partial charge >= 0.3 is 0 Å². The third-order valence-corrected chi connectivity index (χ3v) is 5.74. The van der Waals surface area contributed by atoms with Gasteiger partial charge in [0.25, 0.3) is 11.6 Å². The van der Waals surface area contributed by atoms with Gasteiger partial charge in [0.15, 0.2) is 18.0 Å². The third kappa shape index (κ3) is 4.38. The fraction of sp³-hybridized carbons (Fsp3) is 0.409. The van der Waals surface area contributed by atoms with Crippen molar-refractivity contribution in [3.8, 4) is 11.5 Å². The highest BCUT2D eigenvalue weighted by atomic mass is 16.6. The lowest BCUT2D eigenvalue weighted by Gasteiger charge is -2.22. The molecule has 1 saturated heterocycles. The van der Waals surface area contributed by atoms with Crippen LogP contribution < -0.4 is 19.7 Å². The highest BCUT2D eigenvalue weighted by Gasteiger charge is 2.32. The molecule has 1 unspecified atom stereocenters. The van der Waals surface area contributed by atoms with Crippen molar-refractivity contribution in [1.82, 2.24) is 0 Å². The van der Waals surface area contributed by atoms with E-state index in [0.717, 1.165) is 42.9 Å². The highest BCUT2D eigenvalue weighted by molar-refractivity contribution is 5.92. The van der Waals surface area contributed by atoms with Crippen molar-refractivity contribution in [2.24, 2.45) is 0 Å². The number of likely N-dealkylation sites (tertiary alicyclic amines) is 1. The maximum Gasteiger partial charge on any atom is 0.279 e. The summed E-state index contributed by atoms with van der Waals surface area (Å²) in [5.41, 5.74) is 2.46. The van der Waals surface area contributed by atoms with Crippen LogP contribution in [0.3, 0.4) is 0 Å². The Bertz CT molecular complexity index is 962. The number of non-ortho nitro benzene ring substituents is 1. The molecule has 0 saturated carbocycles. The number of anilines is 1. The number of carbonyl (C=O) groups is 1. The van der Waals surface area contributed by atoms with Gasteiger partial charge in [0.1, 0.15) is 6.04 Å². The van der Waals surface area contributed by atoms with Crippen LogP contribution in [0.4, 0.5) is 11.4 Å². The van der Waals surface area contributed by atoms with Crippen molar-refractivity contribution < 1.29 is 24.1 Å². The van der Waals surface area contributed by atoms with Gasteiger partial charge in [-0.3, -0.25) is 14.9 Å². The van der Waals surface area contributed by atoms with E-state index < -0.39 is 4.92 Å². The molecular formula is C22H26N3O5+. The Kier molecular flexibility index (Phi) is 5.85. The lowest BCUT2D eigenvalue weighted by Crippen LogP contribution is -3.11. The van der Waals surface area contributed by atoms with E-state index in [1.165, 1.54) is 17.0 Å². The molecule has 2 heterocycles. The number of nitro benzene ring substituents is 1. The van der Waals surface area contributed by atoms with E-state index in [-0.39, 0.29) is 17.6 Å². The molecule has 0 aromatic heterocycles. The van der Waals surface area contributed by atoms with Crippen LogP contribution in [0.25, 0.3) is 0 Å². The molecule has 2 aliphatic rings. The first-order valence-electron chi connectivity index (χ1n) is 10.3. The predicted molar refractivity (Wildman–Crippen MR) is 111 cm³/mol. The van der Waals surface area contributed by atoms with Gasteiger partial charge in [-0.15, -0.1) is 0 Å². The molecule has 0 bridgehead atoms. The molecule has 8 heteroatoms. The molecule has 2 atom stereocenters. The van der Waals surface area contributed by atoms with Crippen molar-refractivity contribution in [3.63, 3.8) is 0 Å². The summed E-state index contributed by atoms with van der Waals surface area (Å²) >= 11 is 0. The van der Waals surface area contributed by atoms with Gasteiger partial charge in [0, 0.05) is 42.6 Å². The zero-order valence-electron chi connectivity index (χ0n) is 17.0. The van der Waals surface area contributed by atoms with Crippen LogP contribution in [-0.4, -0.2) is 37.1 Å². The van der Waals surface area contributed by atoms with Crippen molar-refractivity contribution in [1.29, 1.82) is 0 Å². The second kappa shape index (κ2) is 8.71. The fourth-order valence-electron chi connectivity index (χ4n) is 4.22. The number of nitrogens with zero attached hydrogens (tertiary/aromatic N) is 1. The molecule has 2 N–H and O–H groups in total. The van der Waals surface area contributed by atoms with Crippen LogP contribution in [0.2, 0.25) is 0 Å². The molecule has 8 nitrogen and oxygen atoms in total. The molecule has 2 aromatic rings. The standard InChI is InChI=1S/C22H25N3O5/c1-15-12-17(25(27)28)6-7-18(15)23-22(26)14-24-9-2-4-19(24)16-5-8-20-21(13-16)30-11-3-10-29-20/h5-8,12-13,19H,2-4,9-11,14H2,1H3,(H,23,26)/p+1/t19-/m0/s1. The number of rotatable bonds is 5. The van der Waals surface area contributed by atoms with Gasteiger partial charge in [-0.05, 0) is 36.8 Å². The van der Waals surface area contributed by atoms with Crippen LogP contribution in [-0.2, 0) is 4.79 Å². The molecule has 0 spiro atoms. The van der Waals surface area contributed by atoms with Gasteiger partial charge < -0.3 is 19.7 Å². The smallest absolute Gasteiger partial charge is 0.279 e. The summed E-state index contributed by atoms with van der Waals surface area (Å²) in [6, 6.07) is 10.8. The number of quaternary nitrogens is 1. The number of ether oxygens (including phenoxy) is 2. The van der Waals surface area contributed by atoms with Gasteiger partial charge in [-0.25, -0.2) is 0 Å². The van der Waals surface area contributed by atoms with Gasteiger partial charge in [0.05, 0.1) is 24.7 Å². The molecule has 0 radical (unpaired) electrons. The zero-order valence-corrected chi connectivity index (χ0v) is 17.0. The number of benzene rings is 2. The molecule has 2 aliphatic heterocycles. The average Bonchev–Trinajstić information content (AvgIpc) is 3.04. The van der Waals surface area contributed by atoms with Crippen molar-refractivity contribution in [3.05, 3.63) is 57.6 Å². The summed E-state index contributed by atoms with van der Waals surface area (Å²) in [5.74, 6) is 1.47. The Balaban J connectivity index is 1.43. The lowest BCUT2D eigenvalue weighted by atomic mass is 10.0. The highest BCUT2D eigenvalue weighted by Crippen LogP contribution is 2.33. The second-order valence-electron chi connectivity index (χ2n) is 7.84. The van der Waals surface area contributed by atoms with Crippen LogP contribution >= 0.6 is 0 Å². The number of nitrogens with one attached hydrogen (secondary N) is 2. The van der Waals surface area contributed by atoms with Crippen LogP contribution in [0.15, 0.2) is 36.4 Å². The first kappa shape index (κ1) is 20.2. The molecular weight excluding hydrogens is 386 g/mol.